The van der Waals surface area contributed by atoms with Crippen molar-refractivity contribution in [1.82, 2.24) is 9.55 Å². The normalized spacial score (nSPS) is 15.4. The van der Waals surface area contributed by atoms with Crippen molar-refractivity contribution in [2.24, 2.45) is 0 Å². The first-order valence-corrected chi connectivity index (χ1v) is 12.0. The molecule has 0 saturated heterocycles. The first-order chi connectivity index (χ1) is 14.6. The lowest BCUT2D eigenvalue weighted by Crippen LogP contribution is -2.31. The summed E-state index contributed by atoms with van der Waals surface area (Å²) in [7, 11) is 0. The maximum absolute atomic E-state index is 13.7. The topological polar surface area (TPSA) is 55.1 Å². The molecule has 0 bridgehead atoms. The molecule has 1 fully saturated rings. The SMILES string of the molecule is CC[C@@H](c1ccccc1)n1c(C2CCCC2)nc(O)c(Sc2ccc(Br)cc2)c1=O. The van der Waals surface area contributed by atoms with Gasteiger partial charge < -0.3 is 5.11 Å². The van der Waals surface area contributed by atoms with Crippen LogP contribution in [0.2, 0.25) is 0 Å². The first-order valence-electron chi connectivity index (χ1n) is 10.4. The van der Waals surface area contributed by atoms with Gasteiger partial charge in [-0.1, -0.05) is 77.8 Å². The van der Waals surface area contributed by atoms with Crippen molar-refractivity contribution in [1.29, 1.82) is 0 Å². The Bertz CT molecular complexity index is 1060. The number of hydrogen-bond acceptors (Lipinski definition) is 4. The van der Waals surface area contributed by atoms with E-state index in [1.54, 1.807) is 0 Å². The van der Waals surface area contributed by atoms with E-state index >= 15 is 0 Å². The van der Waals surface area contributed by atoms with E-state index in [1.165, 1.54) is 11.8 Å². The zero-order chi connectivity index (χ0) is 21.1. The van der Waals surface area contributed by atoms with Gasteiger partial charge in [0.1, 0.15) is 10.7 Å². The molecule has 0 amide bonds. The Morgan fingerprint density at radius 1 is 1.13 bits per heavy atom. The molecular weight excluding hydrogens is 460 g/mol. The summed E-state index contributed by atoms with van der Waals surface area (Å²) < 4.78 is 2.82. The van der Waals surface area contributed by atoms with E-state index in [-0.39, 0.29) is 28.3 Å². The molecule has 0 radical (unpaired) electrons. The molecular formula is C24H25BrN2O2S. The number of benzene rings is 2. The molecule has 156 valence electrons. The molecule has 4 nitrogen and oxygen atoms in total. The van der Waals surface area contributed by atoms with Crippen molar-refractivity contribution >= 4 is 27.7 Å². The lowest BCUT2D eigenvalue weighted by Gasteiger charge is -2.25. The largest absolute Gasteiger partial charge is 0.492 e. The van der Waals surface area contributed by atoms with Crippen LogP contribution < -0.4 is 5.56 Å². The number of halogens is 1. The third-order valence-electron chi connectivity index (χ3n) is 5.72. The van der Waals surface area contributed by atoms with Gasteiger partial charge in [0.25, 0.3) is 5.56 Å². The van der Waals surface area contributed by atoms with Crippen LogP contribution in [0.1, 0.15) is 62.4 Å². The highest BCUT2D eigenvalue weighted by Crippen LogP contribution is 2.38. The van der Waals surface area contributed by atoms with Crippen LogP contribution in [0.15, 0.2) is 73.7 Å². The van der Waals surface area contributed by atoms with Crippen molar-refractivity contribution in [3.8, 4) is 5.88 Å². The van der Waals surface area contributed by atoms with Crippen LogP contribution in [0.3, 0.4) is 0 Å². The van der Waals surface area contributed by atoms with Crippen LogP contribution in [0.4, 0.5) is 0 Å². The van der Waals surface area contributed by atoms with Crippen LogP contribution in [-0.2, 0) is 0 Å². The van der Waals surface area contributed by atoms with E-state index in [2.05, 4.69) is 40.0 Å². The molecule has 1 heterocycles. The van der Waals surface area contributed by atoms with E-state index in [0.29, 0.717) is 0 Å². The molecule has 0 unspecified atom stereocenters. The van der Waals surface area contributed by atoms with Gasteiger partial charge in [0, 0.05) is 15.3 Å². The van der Waals surface area contributed by atoms with Crippen molar-refractivity contribution in [3.05, 3.63) is 80.8 Å². The summed E-state index contributed by atoms with van der Waals surface area (Å²) in [6, 6.07) is 17.7. The second-order valence-corrected chi connectivity index (χ2v) is 9.67. The molecule has 2 aromatic carbocycles. The lowest BCUT2D eigenvalue weighted by atomic mass is 10.0. The molecule has 0 aliphatic heterocycles. The van der Waals surface area contributed by atoms with Gasteiger partial charge in [-0.15, -0.1) is 0 Å². The third-order valence-corrected chi connectivity index (χ3v) is 7.32. The molecule has 1 aliphatic carbocycles. The van der Waals surface area contributed by atoms with Gasteiger partial charge in [0.05, 0.1) is 6.04 Å². The predicted molar refractivity (Wildman–Crippen MR) is 125 cm³/mol. The third kappa shape index (κ3) is 4.35. The van der Waals surface area contributed by atoms with E-state index in [9.17, 15) is 9.90 Å². The summed E-state index contributed by atoms with van der Waals surface area (Å²) in [5, 5.41) is 10.7. The average molecular weight is 485 g/mol. The zero-order valence-electron chi connectivity index (χ0n) is 16.9. The average Bonchev–Trinajstić information content (AvgIpc) is 3.30. The minimum atomic E-state index is -0.159. The standard InChI is InChI=1S/C24H25BrN2O2S/c1-2-20(16-8-4-3-5-9-16)27-22(17-10-6-7-11-17)26-23(28)21(24(27)29)30-19-14-12-18(25)13-15-19/h3-5,8-9,12-15,17,20,28H,2,6-7,10-11H2,1H3/t20-/m0/s1. The molecule has 1 aliphatic rings. The molecule has 0 spiro atoms. The van der Waals surface area contributed by atoms with E-state index in [1.807, 2.05) is 47.0 Å². The van der Waals surface area contributed by atoms with Crippen LogP contribution in [0.5, 0.6) is 5.88 Å². The van der Waals surface area contributed by atoms with E-state index in [4.69, 9.17) is 0 Å². The quantitative estimate of drug-likeness (QED) is 0.432. The molecule has 3 aromatic rings. The summed E-state index contributed by atoms with van der Waals surface area (Å²) in [5.74, 6) is 0.785. The van der Waals surface area contributed by atoms with Gasteiger partial charge in [-0.25, -0.2) is 0 Å². The van der Waals surface area contributed by atoms with Crippen LogP contribution in [0, 0.1) is 0 Å². The summed E-state index contributed by atoms with van der Waals surface area (Å²) in [6.07, 6.45) is 5.07. The van der Waals surface area contributed by atoms with Crippen LogP contribution in [0.25, 0.3) is 0 Å². The fourth-order valence-electron chi connectivity index (χ4n) is 4.25. The summed E-state index contributed by atoms with van der Waals surface area (Å²) in [4.78, 5) is 19.5. The van der Waals surface area contributed by atoms with Crippen molar-refractivity contribution in [2.45, 2.75) is 60.8 Å². The molecule has 4 rings (SSSR count). The van der Waals surface area contributed by atoms with Crippen molar-refractivity contribution in [2.75, 3.05) is 0 Å². The Morgan fingerprint density at radius 3 is 2.43 bits per heavy atom. The maximum Gasteiger partial charge on any atom is 0.272 e. The summed E-state index contributed by atoms with van der Waals surface area (Å²) >= 11 is 4.71. The number of rotatable bonds is 6. The molecule has 1 atom stereocenters. The Hall–Kier alpha value is -2.05. The molecule has 6 heteroatoms. The Balaban J connectivity index is 1.86. The monoisotopic (exact) mass is 484 g/mol. The lowest BCUT2D eigenvalue weighted by molar-refractivity contribution is 0.402. The second kappa shape index (κ2) is 9.40. The van der Waals surface area contributed by atoms with Gasteiger partial charge in [-0.2, -0.15) is 4.98 Å². The van der Waals surface area contributed by atoms with Crippen LogP contribution in [-0.4, -0.2) is 14.7 Å². The number of aromatic nitrogens is 2. The highest BCUT2D eigenvalue weighted by molar-refractivity contribution is 9.10. The molecule has 1 aromatic heterocycles. The van der Waals surface area contributed by atoms with Gasteiger partial charge in [-0.05, 0) is 49.1 Å². The number of hydrogen-bond donors (Lipinski definition) is 1. The molecule has 1 saturated carbocycles. The Kier molecular flexibility index (Phi) is 6.64. The number of nitrogens with zero attached hydrogens (tertiary/aromatic N) is 2. The van der Waals surface area contributed by atoms with Gasteiger partial charge >= 0.3 is 0 Å². The van der Waals surface area contributed by atoms with E-state index in [0.717, 1.165) is 52.9 Å². The zero-order valence-corrected chi connectivity index (χ0v) is 19.3. The summed E-state index contributed by atoms with van der Waals surface area (Å²) in [6.45, 7) is 2.09. The van der Waals surface area contributed by atoms with Crippen LogP contribution >= 0.6 is 27.7 Å². The van der Waals surface area contributed by atoms with Gasteiger partial charge in [-0.3, -0.25) is 9.36 Å². The fraction of sp³-hybridized carbons (Fsp3) is 0.333. The highest BCUT2D eigenvalue weighted by Gasteiger charge is 2.29. The molecule has 30 heavy (non-hydrogen) atoms. The smallest absolute Gasteiger partial charge is 0.272 e. The molecule has 1 N–H and O–H groups in total. The number of aromatic hydroxyl groups is 1. The minimum Gasteiger partial charge on any atom is -0.492 e. The fourth-order valence-corrected chi connectivity index (χ4v) is 5.34. The van der Waals surface area contributed by atoms with Gasteiger partial charge in [0.15, 0.2) is 0 Å². The highest BCUT2D eigenvalue weighted by atomic mass is 79.9. The first kappa shape index (κ1) is 21.2. The second-order valence-electron chi connectivity index (χ2n) is 7.67. The Labute approximate surface area is 189 Å². The van der Waals surface area contributed by atoms with Crippen molar-refractivity contribution < 1.29 is 5.11 Å². The van der Waals surface area contributed by atoms with E-state index < -0.39 is 0 Å². The Morgan fingerprint density at radius 2 is 1.80 bits per heavy atom. The predicted octanol–water partition coefficient (Wildman–Crippen LogP) is 6.52. The minimum absolute atomic E-state index is 0.105. The maximum atomic E-state index is 13.7. The van der Waals surface area contributed by atoms with Gasteiger partial charge in [0.2, 0.25) is 5.88 Å². The van der Waals surface area contributed by atoms with Crippen molar-refractivity contribution in [3.63, 3.8) is 0 Å². The summed E-state index contributed by atoms with van der Waals surface area (Å²) in [5.41, 5.74) is 0.932.